The maximum Gasteiger partial charge on any atom is 0.132 e. The average molecular weight is 411 g/mol. The highest BCUT2D eigenvalue weighted by Gasteiger charge is 2.26. The van der Waals surface area contributed by atoms with Gasteiger partial charge in [0.2, 0.25) is 0 Å². The van der Waals surface area contributed by atoms with E-state index in [1.54, 1.807) is 0 Å². The zero-order valence-corrected chi connectivity index (χ0v) is 18.6. The molecule has 0 aliphatic rings. The van der Waals surface area contributed by atoms with Crippen molar-refractivity contribution < 1.29 is 15.0 Å². The van der Waals surface area contributed by atoms with Crippen molar-refractivity contribution in [3.05, 3.63) is 71.8 Å². The van der Waals surface area contributed by atoms with Crippen LogP contribution in [-0.2, 0) is 15.6 Å². The van der Waals surface area contributed by atoms with Gasteiger partial charge in [0.15, 0.2) is 0 Å². The van der Waals surface area contributed by atoms with Gasteiger partial charge in [0, 0.05) is 23.7 Å². The molecule has 30 heavy (non-hydrogen) atoms. The van der Waals surface area contributed by atoms with Crippen molar-refractivity contribution in [3.8, 4) is 0 Å². The number of Topliss-reactive ketones (excluding diaryl/α,β-unsaturated/α-hetero) is 1. The monoisotopic (exact) mass is 410 g/mol. The molecule has 2 unspecified atom stereocenters. The molecule has 0 fully saturated rings. The van der Waals surface area contributed by atoms with Crippen molar-refractivity contribution in [3.63, 3.8) is 0 Å². The molecule has 0 amide bonds. The molecule has 0 aliphatic heterocycles. The van der Waals surface area contributed by atoms with Crippen molar-refractivity contribution in [2.24, 2.45) is 0 Å². The van der Waals surface area contributed by atoms with E-state index in [1.165, 1.54) is 0 Å². The predicted molar refractivity (Wildman–Crippen MR) is 124 cm³/mol. The lowest BCUT2D eigenvalue weighted by atomic mass is 9.78. The number of carbonyl (C=O) groups excluding carboxylic acids is 1. The molecule has 0 aromatic heterocycles. The number of hydrogen-bond donors (Lipinski definition) is 2. The number of rotatable bonds is 14. The zero-order valence-electron chi connectivity index (χ0n) is 18.6. The van der Waals surface area contributed by atoms with E-state index in [4.69, 9.17) is 0 Å². The molecule has 0 saturated carbocycles. The maximum atomic E-state index is 12.3. The van der Waals surface area contributed by atoms with Gasteiger partial charge in [-0.1, -0.05) is 87.4 Å². The molecule has 3 nitrogen and oxygen atoms in total. The van der Waals surface area contributed by atoms with Gasteiger partial charge >= 0.3 is 0 Å². The maximum absolute atomic E-state index is 12.3. The standard InChI is InChI=1S/C27H38O3/c1-26(21-28,23-13-5-3-6-14-23)19-11-9-17-25(30)18-10-12-20-27(2,22-29)24-15-7-4-8-16-24/h3-8,13-16,28-29H,9-12,17-22H2,1-2H3. The van der Waals surface area contributed by atoms with Gasteiger partial charge in [-0.3, -0.25) is 4.79 Å². The van der Waals surface area contributed by atoms with Gasteiger partial charge in [0.1, 0.15) is 5.78 Å². The molecule has 0 aliphatic carbocycles. The molecule has 0 radical (unpaired) electrons. The van der Waals surface area contributed by atoms with E-state index in [9.17, 15) is 15.0 Å². The van der Waals surface area contributed by atoms with Crippen LogP contribution in [0.3, 0.4) is 0 Å². The summed E-state index contributed by atoms with van der Waals surface area (Å²) in [4.78, 5) is 12.3. The molecular weight excluding hydrogens is 372 g/mol. The molecule has 0 saturated heterocycles. The number of carbonyl (C=O) groups is 1. The molecule has 3 heteroatoms. The number of aliphatic hydroxyl groups excluding tert-OH is 2. The molecule has 2 N–H and O–H groups in total. The van der Waals surface area contributed by atoms with Crippen LogP contribution < -0.4 is 0 Å². The molecule has 0 spiro atoms. The van der Waals surface area contributed by atoms with Crippen molar-refractivity contribution in [2.45, 2.75) is 76.0 Å². The third kappa shape index (κ3) is 7.07. The van der Waals surface area contributed by atoms with E-state index in [1.807, 2.05) is 36.4 Å². The van der Waals surface area contributed by atoms with Crippen LogP contribution in [0.4, 0.5) is 0 Å². The van der Waals surface area contributed by atoms with E-state index < -0.39 is 0 Å². The molecule has 0 heterocycles. The Morgan fingerprint density at radius 1 is 0.667 bits per heavy atom. The third-order valence-corrected chi connectivity index (χ3v) is 6.51. The van der Waals surface area contributed by atoms with Crippen LogP contribution in [0.2, 0.25) is 0 Å². The Bertz CT molecular complexity index is 680. The van der Waals surface area contributed by atoms with Crippen molar-refractivity contribution in [2.75, 3.05) is 13.2 Å². The lowest BCUT2D eigenvalue weighted by Gasteiger charge is -2.28. The van der Waals surface area contributed by atoms with Gasteiger partial charge < -0.3 is 10.2 Å². The predicted octanol–water partition coefficient (Wildman–Crippen LogP) is 5.58. The summed E-state index contributed by atoms with van der Waals surface area (Å²) < 4.78 is 0. The van der Waals surface area contributed by atoms with Crippen molar-refractivity contribution >= 4 is 5.78 Å². The van der Waals surface area contributed by atoms with Gasteiger partial charge in [0.05, 0.1) is 13.2 Å². The summed E-state index contributed by atoms with van der Waals surface area (Å²) in [7, 11) is 0. The number of unbranched alkanes of at least 4 members (excludes halogenated alkanes) is 2. The van der Waals surface area contributed by atoms with Crippen LogP contribution in [0, 0.1) is 0 Å². The second kappa shape index (κ2) is 12.0. The van der Waals surface area contributed by atoms with Gasteiger partial charge in [-0.2, -0.15) is 0 Å². The van der Waals surface area contributed by atoms with Crippen LogP contribution in [-0.4, -0.2) is 29.2 Å². The molecule has 2 aromatic carbocycles. The fourth-order valence-corrected chi connectivity index (χ4v) is 4.11. The topological polar surface area (TPSA) is 57.5 Å². The lowest BCUT2D eigenvalue weighted by molar-refractivity contribution is -0.119. The summed E-state index contributed by atoms with van der Waals surface area (Å²) >= 11 is 0. The summed E-state index contributed by atoms with van der Waals surface area (Å²) in [5.74, 6) is 0.325. The Labute approximate surface area is 182 Å². The first kappa shape index (κ1) is 24.3. The largest absolute Gasteiger partial charge is 0.395 e. The van der Waals surface area contributed by atoms with Gasteiger partial charge in [-0.15, -0.1) is 0 Å². The molecule has 2 atom stereocenters. The number of ketones is 1. The molecule has 0 bridgehead atoms. The minimum Gasteiger partial charge on any atom is -0.395 e. The van der Waals surface area contributed by atoms with Crippen LogP contribution in [0.5, 0.6) is 0 Å². The van der Waals surface area contributed by atoms with E-state index >= 15 is 0 Å². The fourth-order valence-electron chi connectivity index (χ4n) is 4.11. The third-order valence-electron chi connectivity index (χ3n) is 6.51. The zero-order chi connectivity index (χ0) is 21.9. The first-order valence-electron chi connectivity index (χ1n) is 11.3. The Balaban J connectivity index is 1.67. The van der Waals surface area contributed by atoms with Crippen LogP contribution in [0.1, 0.15) is 76.3 Å². The molecule has 2 rings (SSSR count). The van der Waals surface area contributed by atoms with E-state index in [0.717, 1.165) is 49.7 Å². The highest BCUT2D eigenvalue weighted by Crippen LogP contribution is 2.30. The number of hydrogen-bond acceptors (Lipinski definition) is 3. The smallest absolute Gasteiger partial charge is 0.132 e. The quantitative estimate of drug-likeness (QED) is 0.400. The second-order valence-corrected chi connectivity index (χ2v) is 9.12. The van der Waals surface area contributed by atoms with E-state index in [-0.39, 0.29) is 24.0 Å². The Kier molecular flexibility index (Phi) is 9.74. The van der Waals surface area contributed by atoms with E-state index in [0.29, 0.717) is 18.6 Å². The van der Waals surface area contributed by atoms with Crippen LogP contribution in [0.15, 0.2) is 60.7 Å². The summed E-state index contributed by atoms with van der Waals surface area (Å²) in [5, 5.41) is 19.7. The number of benzene rings is 2. The number of aliphatic hydroxyl groups is 2. The summed E-state index contributed by atoms with van der Waals surface area (Å²) in [6.45, 7) is 4.43. The van der Waals surface area contributed by atoms with Gasteiger partial charge in [0.25, 0.3) is 0 Å². The first-order chi connectivity index (χ1) is 14.4. The SMILES string of the molecule is CC(CO)(CCCCC(=O)CCCCC(C)(CO)c1ccccc1)c1ccccc1. The molecule has 164 valence electrons. The fraction of sp³-hybridized carbons (Fsp3) is 0.519. The highest BCUT2D eigenvalue weighted by molar-refractivity contribution is 5.78. The Morgan fingerprint density at radius 3 is 1.37 bits per heavy atom. The second-order valence-electron chi connectivity index (χ2n) is 9.12. The Morgan fingerprint density at radius 2 is 1.03 bits per heavy atom. The summed E-state index contributed by atoms with van der Waals surface area (Å²) in [6.07, 6.45) is 6.62. The minimum absolute atomic E-state index is 0.121. The van der Waals surface area contributed by atoms with Crippen LogP contribution in [0.25, 0.3) is 0 Å². The highest BCUT2D eigenvalue weighted by atomic mass is 16.3. The van der Waals surface area contributed by atoms with E-state index in [2.05, 4.69) is 38.1 Å². The normalized spacial score (nSPS) is 15.3. The molecular formula is C27H38O3. The average Bonchev–Trinajstić information content (AvgIpc) is 2.80. The Hall–Kier alpha value is -1.97. The van der Waals surface area contributed by atoms with Crippen LogP contribution >= 0.6 is 0 Å². The lowest BCUT2D eigenvalue weighted by Crippen LogP contribution is -2.26. The summed E-state index contributed by atoms with van der Waals surface area (Å²) in [6, 6.07) is 20.3. The first-order valence-corrected chi connectivity index (χ1v) is 11.3. The van der Waals surface area contributed by atoms with Crippen molar-refractivity contribution in [1.29, 1.82) is 0 Å². The van der Waals surface area contributed by atoms with Gasteiger partial charge in [-0.05, 0) is 36.8 Å². The van der Waals surface area contributed by atoms with Crippen molar-refractivity contribution in [1.82, 2.24) is 0 Å². The summed E-state index contributed by atoms with van der Waals surface area (Å²) in [5.41, 5.74) is 1.83. The minimum atomic E-state index is -0.240. The van der Waals surface area contributed by atoms with Gasteiger partial charge in [-0.25, -0.2) is 0 Å². The molecule has 2 aromatic rings.